The quantitative estimate of drug-likeness (QED) is 0.375. The van der Waals surface area contributed by atoms with E-state index in [9.17, 15) is 4.79 Å². The van der Waals surface area contributed by atoms with Crippen molar-refractivity contribution in [2.45, 2.75) is 25.1 Å². The molecule has 1 heterocycles. The Bertz CT molecular complexity index is 172. The number of amides is 1. The van der Waals surface area contributed by atoms with Gasteiger partial charge >= 0.3 is 0 Å². The van der Waals surface area contributed by atoms with Gasteiger partial charge in [0.2, 0.25) is 5.91 Å². The van der Waals surface area contributed by atoms with E-state index >= 15 is 0 Å². The molecule has 1 fully saturated rings. The molecule has 0 saturated carbocycles. The van der Waals surface area contributed by atoms with Crippen LogP contribution in [0.4, 0.5) is 0 Å². The van der Waals surface area contributed by atoms with Crippen LogP contribution in [-0.2, 0) is 4.79 Å². The van der Waals surface area contributed by atoms with E-state index in [4.69, 9.17) is 16.6 Å². The first-order chi connectivity index (χ1) is 5.61. The highest BCUT2D eigenvalue weighted by Gasteiger charge is 2.27. The van der Waals surface area contributed by atoms with Gasteiger partial charge in [-0.25, -0.2) is 0 Å². The molecule has 0 aromatic carbocycles. The van der Waals surface area contributed by atoms with Gasteiger partial charge in [0.05, 0.1) is 0 Å². The van der Waals surface area contributed by atoms with E-state index in [1.807, 2.05) is 0 Å². The standard InChI is InChI=1S/C7H15N3O2/c8-5(6(9)11)3-4-1-2-10-7(4)12/h4-6,11H,1-3,8-9H2,(H,10,12)/t4-,5-,6?/m0/s1. The third-order valence-electron chi connectivity index (χ3n) is 2.16. The molecule has 1 amide bonds. The Labute approximate surface area is 71.1 Å². The maximum Gasteiger partial charge on any atom is 0.223 e. The van der Waals surface area contributed by atoms with Crippen molar-refractivity contribution in [1.29, 1.82) is 0 Å². The summed E-state index contributed by atoms with van der Waals surface area (Å²) < 4.78 is 0. The highest BCUT2D eigenvalue weighted by Crippen LogP contribution is 2.15. The summed E-state index contributed by atoms with van der Waals surface area (Å²) in [4.78, 5) is 11.0. The summed E-state index contributed by atoms with van der Waals surface area (Å²) in [5, 5.41) is 11.6. The molecule has 0 aliphatic carbocycles. The van der Waals surface area contributed by atoms with Gasteiger partial charge in [-0.3, -0.25) is 4.79 Å². The summed E-state index contributed by atoms with van der Waals surface area (Å²) >= 11 is 0. The Morgan fingerprint density at radius 2 is 2.33 bits per heavy atom. The molecule has 6 N–H and O–H groups in total. The zero-order chi connectivity index (χ0) is 9.14. The Morgan fingerprint density at radius 1 is 1.67 bits per heavy atom. The monoisotopic (exact) mass is 173 g/mol. The van der Waals surface area contributed by atoms with Crippen LogP contribution >= 0.6 is 0 Å². The van der Waals surface area contributed by atoms with E-state index in [1.54, 1.807) is 0 Å². The normalized spacial score (nSPS) is 28.2. The van der Waals surface area contributed by atoms with Crippen molar-refractivity contribution in [3.05, 3.63) is 0 Å². The van der Waals surface area contributed by atoms with Gasteiger partial charge in [-0.15, -0.1) is 0 Å². The summed E-state index contributed by atoms with van der Waals surface area (Å²) in [6.45, 7) is 0.705. The van der Waals surface area contributed by atoms with E-state index < -0.39 is 12.3 Å². The van der Waals surface area contributed by atoms with Crippen LogP contribution in [0.5, 0.6) is 0 Å². The largest absolute Gasteiger partial charge is 0.377 e. The summed E-state index contributed by atoms with van der Waals surface area (Å²) in [7, 11) is 0. The summed E-state index contributed by atoms with van der Waals surface area (Å²) in [5.41, 5.74) is 10.7. The van der Waals surface area contributed by atoms with Crippen LogP contribution in [0.1, 0.15) is 12.8 Å². The lowest BCUT2D eigenvalue weighted by atomic mass is 9.98. The molecular weight excluding hydrogens is 158 g/mol. The highest BCUT2D eigenvalue weighted by molar-refractivity contribution is 5.80. The summed E-state index contributed by atoms with van der Waals surface area (Å²) in [5.74, 6) is -0.0516. The second-order valence-electron chi connectivity index (χ2n) is 3.17. The fourth-order valence-corrected chi connectivity index (χ4v) is 1.34. The molecule has 0 aromatic rings. The maximum atomic E-state index is 11.0. The second-order valence-corrected chi connectivity index (χ2v) is 3.17. The van der Waals surface area contributed by atoms with Gasteiger partial charge in [-0.05, 0) is 12.8 Å². The van der Waals surface area contributed by atoms with Crippen LogP contribution in [-0.4, -0.2) is 29.8 Å². The number of nitrogens with two attached hydrogens (primary N) is 2. The van der Waals surface area contributed by atoms with E-state index in [2.05, 4.69) is 5.32 Å². The third kappa shape index (κ3) is 2.17. The number of carbonyl (C=O) groups is 1. The molecule has 1 saturated heterocycles. The average molecular weight is 173 g/mol. The van der Waals surface area contributed by atoms with Crippen LogP contribution in [0.2, 0.25) is 0 Å². The van der Waals surface area contributed by atoms with Gasteiger partial charge in [-0.1, -0.05) is 0 Å². The Balaban J connectivity index is 2.35. The number of rotatable bonds is 3. The number of aliphatic hydroxyl groups excluding tert-OH is 1. The minimum absolute atomic E-state index is 0.0195. The Hall–Kier alpha value is -0.650. The lowest BCUT2D eigenvalue weighted by molar-refractivity contribution is -0.122. The number of carbonyl (C=O) groups excluding carboxylic acids is 1. The van der Waals surface area contributed by atoms with Gasteiger partial charge in [0.1, 0.15) is 6.23 Å². The fraction of sp³-hybridized carbons (Fsp3) is 0.857. The van der Waals surface area contributed by atoms with Crippen LogP contribution in [0, 0.1) is 5.92 Å². The smallest absolute Gasteiger partial charge is 0.223 e. The van der Waals surface area contributed by atoms with Gasteiger partial charge in [-0.2, -0.15) is 0 Å². The first-order valence-corrected chi connectivity index (χ1v) is 4.08. The topological polar surface area (TPSA) is 101 Å². The van der Waals surface area contributed by atoms with Crippen molar-refractivity contribution in [3.8, 4) is 0 Å². The van der Waals surface area contributed by atoms with Crippen molar-refractivity contribution < 1.29 is 9.90 Å². The Morgan fingerprint density at radius 3 is 2.75 bits per heavy atom. The third-order valence-corrected chi connectivity index (χ3v) is 2.16. The lowest BCUT2D eigenvalue weighted by Crippen LogP contribution is -2.43. The second kappa shape index (κ2) is 3.84. The van der Waals surface area contributed by atoms with Gasteiger partial charge in [0, 0.05) is 18.5 Å². The minimum atomic E-state index is -1.03. The van der Waals surface area contributed by atoms with Crippen LogP contribution in [0.15, 0.2) is 0 Å². The Kier molecular flexibility index (Phi) is 3.02. The molecule has 0 aromatic heterocycles. The lowest BCUT2D eigenvalue weighted by Gasteiger charge is -2.16. The van der Waals surface area contributed by atoms with Crippen molar-refractivity contribution in [2.24, 2.45) is 17.4 Å². The summed E-state index contributed by atoms with van der Waals surface area (Å²) in [6, 6.07) is -0.501. The minimum Gasteiger partial charge on any atom is -0.377 e. The van der Waals surface area contributed by atoms with Gasteiger partial charge in [0.15, 0.2) is 0 Å². The number of nitrogens with one attached hydrogen (secondary N) is 1. The number of hydrogen-bond acceptors (Lipinski definition) is 4. The van der Waals surface area contributed by atoms with E-state index in [0.717, 1.165) is 6.42 Å². The van der Waals surface area contributed by atoms with Crippen molar-refractivity contribution in [3.63, 3.8) is 0 Å². The molecule has 5 heteroatoms. The molecule has 12 heavy (non-hydrogen) atoms. The average Bonchev–Trinajstić information content (AvgIpc) is 2.36. The first-order valence-electron chi connectivity index (χ1n) is 4.08. The van der Waals surface area contributed by atoms with E-state index in [0.29, 0.717) is 13.0 Å². The first kappa shape index (κ1) is 9.44. The molecule has 3 atom stereocenters. The zero-order valence-electron chi connectivity index (χ0n) is 6.86. The van der Waals surface area contributed by atoms with Crippen LogP contribution in [0.3, 0.4) is 0 Å². The molecule has 1 aliphatic rings. The van der Waals surface area contributed by atoms with Crippen LogP contribution in [0.25, 0.3) is 0 Å². The van der Waals surface area contributed by atoms with Crippen LogP contribution < -0.4 is 16.8 Å². The van der Waals surface area contributed by atoms with E-state index in [-0.39, 0.29) is 11.8 Å². The SMILES string of the molecule is NC(O)[C@@H](N)C[C@@H]1CCNC1=O. The van der Waals surface area contributed by atoms with E-state index in [1.165, 1.54) is 0 Å². The van der Waals surface area contributed by atoms with Crippen molar-refractivity contribution in [1.82, 2.24) is 5.32 Å². The zero-order valence-corrected chi connectivity index (χ0v) is 6.86. The molecular formula is C7H15N3O2. The molecule has 1 unspecified atom stereocenters. The predicted octanol–water partition coefficient (Wildman–Crippen LogP) is -1.88. The molecule has 70 valence electrons. The molecule has 1 aliphatic heterocycles. The molecule has 0 bridgehead atoms. The van der Waals surface area contributed by atoms with Crippen molar-refractivity contribution in [2.75, 3.05) is 6.54 Å². The number of aliphatic hydroxyl groups is 1. The maximum absolute atomic E-state index is 11.0. The molecule has 5 nitrogen and oxygen atoms in total. The molecule has 0 radical (unpaired) electrons. The molecule has 1 rings (SSSR count). The van der Waals surface area contributed by atoms with Gasteiger partial charge < -0.3 is 21.9 Å². The molecule has 0 spiro atoms. The predicted molar refractivity (Wildman–Crippen MR) is 43.9 cm³/mol. The highest BCUT2D eigenvalue weighted by atomic mass is 16.3. The fourth-order valence-electron chi connectivity index (χ4n) is 1.34. The van der Waals surface area contributed by atoms with Crippen molar-refractivity contribution >= 4 is 5.91 Å². The summed E-state index contributed by atoms with van der Waals surface area (Å²) in [6.07, 6.45) is 0.223. The number of hydrogen-bond donors (Lipinski definition) is 4. The van der Waals surface area contributed by atoms with Gasteiger partial charge in [0.25, 0.3) is 0 Å².